The predicted molar refractivity (Wildman–Crippen MR) is 79.1 cm³/mol. The van der Waals surface area contributed by atoms with Gasteiger partial charge in [-0.15, -0.1) is 0 Å². The lowest BCUT2D eigenvalue weighted by Gasteiger charge is -2.17. The molecular formula is C14H15BrN2O3. The van der Waals surface area contributed by atoms with E-state index >= 15 is 0 Å². The molecule has 106 valence electrons. The summed E-state index contributed by atoms with van der Waals surface area (Å²) in [6.45, 7) is 5.65. The molecule has 1 unspecified atom stereocenters. The van der Waals surface area contributed by atoms with Crippen LogP contribution in [0.1, 0.15) is 40.3 Å². The minimum Gasteiger partial charge on any atom is -0.478 e. The Morgan fingerprint density at radius 3 is 2.70 bits per heavy atom. The Hall–Kier alpha value is -1.82. The lowest BCUT2D eigenvalue weighted by atomic mass is 10.1. The van der Waals surface area contributed by atoms with Crippen molar-refractivity contribution in [2.75, 3.05) is 5.32 Å². The maximum Gasteiger partial charge on any atom is 0.338 e. The van der Waals surface area contributed by atoms with Gasteiger partial charge in [-0.05, 0) is 48.8 Å². The van der Waals surface area contributed by atoms with Crippen molar-refractivity contribution in [2.24, 2.45) is 0 Å². The summed E-state index contributed by atoms with van der Waals surface area (Å²) in [7, 11) is 0. The summed E-state index contributed by atoms with van der Waals surface area (Å²) >= 11 is 3.26. The standard InChI is InChI=1S/C14H15BrN2O3/c1-7(12-8(2)17-20-9(12)3)16-11-6-4-5-10(15)13(11)14(18)19/h4-7,16H,1-3H3,(H,18,19). The number of hydrogen-bond donors (Lipinski definition) is 2. The Morgan fingerprint density at radius 2 is 2.15 bits per heavy atom. The summed E-state index contributed by atoms with van der Waals surface area (Å²) in [5.74, 6) is -0.250. The number of nitrogens with one attached hydrogen (secondary N) is 1. The van der Waals surface area contributed by atoms with Gasteiger partial charge in [-0.25, -0.2) is 4.79 Å². The number of aryl methyl sites for hydroxylation is 2. The third kappa shape index (κ3) is 2.70. The Morgan fingerprint density at radius 1 is 1.45 bits per heavy atom. The summed E-state index contributed by atoms with van der Waals surface area (Å²) in [6.07, 6.45) is 0. The van der Waals surface area contributed by atoms with Crippen LogP contribution in [-0.4, -0.2) is 16.2 Å². The van der Waals surface area contributed by atoms with Crippen molar-refractivity contribution < 1.29 is 14.4 Å². The highest BCUT2D eigenvalue weighted by Gasteiger charge is 2.20. The smallest absolute Gasteiger partial charge is 0.338 e. The maximum absolute atomic E-state index is 11.3. The quantitative estimate of drug-likeness (QED) is 0.883. The van der Waals surface area contributed by atoms with Crippen LogP contribution in [0.2, 0.25) is 0 Å². The molecule has 2 rings (SSSR count). The highest BCUT2D eigenvalue weighted by atomic mass is 79.9. The van der Waals surface area contributed by atoms with Gasteiger partial charge in [0.25, 0.3) is 0 Å². The number of aromatic carboxylic acids is 1. The van der Waals surface area contributed by atoms with E-state index in [2.05, 4.69) is 26.4 Å². The van der Waals surface area contributed by atoms with Crippen molar-refractivity contribution in [2.45, 2.75) is 26.8 Å². The molecule has 0 saturated heterocycles. The molecule has 1 aromatic heterocycles. The molecule has 6 heteroatoms. The minimum atomic E-state index is -0.981. The average Bonchev–Trinajstić information content (AvgIpc) is 2.68. The van der Waals surface area contributed by atoms with Crippen LogP contribution >= 0.6 is 15.9 Å². The third-order valence-electron chi connectivity index (χ3n) is 3.12. The van der Waals surface area contributed by atoms with Gasteiger partial charge in [0.1, 0.15) is 5.76 Å². The number of anilines is 1. The molecule has 0 spiro atoms. The monoisotopic (exact) mass is 338 g/mol. The lowest BCUT2D eigenvalue weighted by molar-refractivity contribution is 0.0697. The Bertz CT molecular complexity index is 632. The number of hydrogen-bond acceptors (Lipinski definition) is 4. The Kier molecular flexibility index (Phi) is 4.13. The topological polar surface area (TPSA) is 75.4 Å². The molecule has 20 heavy (non-hydrogen) atoms. The molecule has 0 fully saturated rings. The fraction of sp³-hybridized carbons (Fsp3) is 0.286. The molecule has 2 N–H and O–H groups in total. The van der Waals surface area contributed by atoms with Crippen LogP contribution in [0.15, 0.2) is 27.2 Å². The van der Waals surface area contributed by atoms with E-state index in [1.54, 1.807) is 18.2 Å². The zero-order chi connectivity index (χ0) is 14.9. The molecule has 0 aliphatic carbocycles. The Balaban J connectivity index is 2.36. The zero-order valence-electron chi connectivity index (χ0n) is 11.4. The molecule has 0 aliphatic heterocycles. The highest BCUT2D eigenvalue weighted by Crippen LogP contribution is 2.30. The number of carboxylic acid groups (broad SMARTS) is 1. The molecule has 2 aromatic rings. The first-order chi connectivity index (χ1) is 9.41. The van der Waals surface area contributed by atoms with Gasteiger partial charge >= 0.3 is 5.97 Å². The van der Waals surface area contributed by atoms with Gasteiger partial charge in [0.2, 0.25) is 0 Å². The lowest BCUT2D eigenvalue weighted by Crippen LogP contribution is -2.12. The van der Waals surface area contributed by atoms with Crippen LogP contribution < -0.4 is 5.32 Å². The first-order valence-electron chi connectivity index (χ1n) is 6.13. The van der Waals surface area contributed by atoms with Crippen LogP contribution in [0.25, 0.3) is 0 Å². The van der Waals surface area contributed by atoms with Crippen LogP contribution in [-0.2, 0) is 0 Å². The molecule has 0 radical (unpaired) electrons. The fourth-order valence-corrected chi connectivity index (χ4v) is 2.81. The van der Waals surface area contributed by atoms with Crippen LogP contribution in [0, 0.1) is 13.8 Å². The predicted octanol–water partition coefficient (Wildman–Crippen LogP) is 3.93. The van der Waals surface area contributed by atoms with Crippen molar-refractivity contribution in [3.05, 3.63) is 45.3 Å². The van der Waals surface area contributed by atoms with E-state index in [1.807, 2.05) is 20.8 Å². The van der Waals surface area contributed by atoms with Crippen LogP contribution in [0.4, 0.5) is 5.69 Å². The van der Waals surface area contributed by atoms with Gasteiger partial charge in [0.05, 0.1) is 23.0 Å². The minimum absolute atomic E-state index is 0.103. The van der Waals surface area contributed by atoms with Gasteiger partial charge in [0.15, 0.2) is 0 Å². The van der Waals surface area contributed by atoms with E-state index < -0.39 is 5.97 Å². The number of carbonyl (C=O) groups is 1. The second-order valence-electron chi connectivity index (χ2n) is 4.57. The van der Waals surface area contributed by atoms with Gasteiger partial charge < -0.3 is 14.9 Å². The van der Waals surface area contributed by atoms with E-state index in [-0.39, 0.29) is 11.6 Å². The summed E-state index contributed by atoms with van der Waals surface area (Å²) in [6, 6.07) is 5.13. The van der Waals surface area contributed by atoms with Gasteiger partial charge in [-0.1, -0.05) is 11.2 Å². The summed E-state index contributed by atoms with van der Waals surface area (Å²) in [5, 5.41) is 16.4. The van der Waals surface area contributed by atoms with Crippen LogP contribution in [0.5, 0.6) is 0 Å². The van der Waals surface area contributed by atoms with E-state index in [0.29, 0.717) is 10.2 Å². The molecule has 1 atom stereocenters. The SMILES string of the molecule is Cc1noc(C)c1C(C)Nc1cccc(Br)c1C(=O)O. The average molecular weight is 339 g/mol. The second kappa shape index (κ2) is 5.66. The number of rotatable bonds is 4. The summed E-state index contributed by atoms with van der Waals surface area (Å²) < 4.78 is 5.68. The largest absolute Gasteiger partial charge is 0.478 e. The molecule has 0 saturated carbocycles. The molecule has 0 bridgehead atoms. The maximum atomic E-state index is 11.3. The van der Waals surface area contributed by atoms with E-state index in [9.17, 15) is 9.90 Å². The van der Waals surface area contributed by atoms with E-state index in [1.165, 1.54) is 0 Å². The van der Waals surface area contributed by atoms with E-state index in [0.717, 1.165) is 17.0 Å². The van der Waals surface area contributed by atoms with Crippen molar-refractivity contribution in [3.63, 3.8) is 0 Å². The summed E-state index contributed by atoms with van der Waals surface area (Å²) in [5.41, 5.74) is 2.51. The van der Waals surface area contributed by atoms with Crippen molar-refractivity contribution in [1.29, 1.82) is 0 Å². The van der Waals surface area contributed by atoms with E-state index in [4.69, 9.17) is 4.52 Å². The molecule has 1 heterocycles. The Labute approximate surface area is 125 Å². The number of benzene rings is 1. The normalized spacial score (nSPS) is 12.2. The molecule has 0 aliphatic rings. The third-order valence-corrected chi connectivity index (χ3v) is 3.78. The molecule has 0 amide bonds. The number of aromatic nitrogens is 1. The molecule has 5 nitrogen and oxygen atoms in total. The van der Waals surface area contributed by atoms with Gasteiger partial charge in [-0.2, -0.15) is 0 Å². The van der Waals surface area contributed by atoms with Gasteiger partial charge in [0, 0.05) is 10.0 Å². The highest BCUT2D eigenvalue weighted by molar-refractivity contribution is 9.10. The first-order valence-corrected chi connectivity index (χ1v) is 6.92. The first kappa shape index (κ1) is 14.6. The molecular weight excluding hydrogens is 324 g/mol. The summed E-state index contributed by atoms with van der Waals surface area (Å²) in [4.78, 5) is 11.3. The number of carboxylic acids is 1. The van der Waals surface area contributed by atoms with Crippen molar-refractivity contribution >= 4 is 27.6 Å². The molecule has 1 aromatic carbocycles. The number of nitrogens with zero attached hydrogens (tertiary/aromatic N) is 1. The van der Waals surface area contributed by atoms with Gasteiger partial charge in [-0.3, -0.25) is 0 Å². The second-order valence-corrected chi connectivity index (χ2v) is 5.43. The van der Waals surface area contributed by atoms with Crippen LogP contribution in [0.3, 0.4) is 0 Å². The zero-order valence-corrected chi connectivity index (χ0v) is 13.0. The fourth-order valence-electron chi connectivity index (χ4n) is 2.28. The van der Waals surface area contributed by atoms with Crippen molar-refractivity contribution in [3.8, 4) is 0 Å². The number of halogens is 1. The van der Waals surface area contributed by atoms with Crippen molar-refractivity contribution in [1.82, 2.24) is 5.16 Å².